The number of hydrogen-bond donors (Lipinski definition) is 2. The molecule has 0 aliphatic heterocycles. The van der Waals surface area contributed by atoms with Crippen LogP contribution < -0.4 is 5.32 Å². The van der Waals surface area contributed by atoms with Gasteiger partial charge in [0.2, 0.25) is 5.91 Å². The average molecular weight is 207 g/mol. The van der Waals surface area contributed by atoms with E-state index in [1.54, 1.807) is 0 Å². The SMILES string of the molecule is CCCCC(=O)NCCCS(=O)O. The Labute approximate surface area is 81.4 Å². The third-order valence-electron chi connectivity index (χ3n) is 1.58. The second kappa shape index (κ2) is 8.19. The number of hydrogen-bond acceptors (Lipinski definition) is 2. The van der Waals surface area contributed by atoms with Crippen molar-refractivity contribution in [2.45, 2.75) is 32.6 Å². The van der Waals surface area contributed by atoms with Crippen LogP contribution in [0, 0.1) is 0 Å². The first-order chi connectivity index (χ1) is 6.16. The lowest BCUT2D eigenvalue weighted by Crippen LogP contribution is -2.24. The zero-order chi connectivity index (χ0) is 10.1. The van der Waals surface area contributed by atoms with Gasteiger partial charge < -0.3 is 9.87 Å². The first kappa shape index (κ1) is 12.6. The van der Waals surface area contributed by atoms with Crippen LogP contribution >= 0.6 is 0 Å². The second-order valence-corrected chi connectivity index (χ2v) is 3.88. The Kier molecular flexibility index (Phi) is 7.93. The summed E-state index contributed by atoms with van der Waals surface area (Å²) in [6, 6.07) is 0. The Hall–Kier alpha value is -0.420. The Morgan fingerprint density at radius 1 is 1.46 bits per heavy atom. The summed E-state index contributed by atoms with van der Waals surface area (Å²) in [7, 11) is 0. The van der Waals surface area contributed by atoms with Crippen molar-refractivity contribution in [3.05, 3.63) is 0 Å². The molecular formula is C8H17NO3S. The zero-order valence-electron chi connectivity index (χ0n) is 7.91. The van der Waals surface area contributed by atoms with Crippen LogP contribution in [-0.4, -0.2) is 27.0 Å². The number of carbonyl (C=O) groups excluding carboxylic acids is 1. The van der Waals surface area contributed by atoms with Gasteiger partial charge in [-0.25, -0.2) is 4.21 Å². The van der Waals surface area contributed by atoms with E-state index < -0.39 is 11.1 Å². The highest BCUT2D eigenvalue weighted by Crippen LogP contribution is 1.93. The fourth-order valence-corrected chi connectivity index (χ4v) is 1.24. The van der Waals surface area contributed by atoms with Gasteiger partial charge in [0, 0.05) is 13.0 Å². The van der Waals surface area contributed by atoms with Crippen molar-refractivity contribution in [1.82, 2.24) is 5.32 Å². The van der Waals surface area contributed by atoms with E-state index in [0.29, 0.717) is 19.4 Å². The van der Waals surface area contributed by atoms with E-state index in [9.17, 15) is 9.00 Å². The molecule has 0 aliphatic rings. The zero-order valence-corrected chi connectivity index (χ0v) is 8.73. The van der Waals surface area contributed by atoms with Crippen LogP contribution in [0.25, 0.3) is 0 Å². The standard InChI is InChI=1S/C8H17NO3S/c1-2-3-5-8(10)9-6-4-7-13(11)12/h2-7H2,1H3,(H,9,10)(H,11,12). The minimum Gasteiger partial charge on any atom is -0.356 e. The molecule has 1 amide bonds. The molecule has 0 fully saturated rings. The molecule has 0 aromatic heterocycles. The summed E-state index contributed by atoms with van der Waals surface area (Å²) in [6.07, 6.45) is 3.02. The van der Waals surface area contributed by atoms with Crippen molar-refractivity contribution in [2.24, 2.45) is 0 Å². The topological polar surface area (TPSA) is 66.4 Å². The van der Waals surface area contributed by atoms with Crippen molar-refractivity contribution >= 4 is 17.0 Å². The normalized spacial score (nSPS) is 12.5. The molecule has 1 atom stereocenters. The number of rotatable bonds is 7. The molecule has 0 aliphatic carbocycles. The molecule has 0 heterocycles. The van der Waals surface area contributed by atoms with Crippen LogP contribution in [0.1, 0.15) is 32.6 Å². The van der Waals surface area contributed by atoms with E-state index in [1.807, 2.05) is 6.92 Å². The monoisotopic (exact) mass is 207 g/mol. The van der Waals surface area contributed by atoms with Gasteiger partial charge in [-0.15, -0.1) is 0 Å². The average Bonchev–Trinajstić information content (AvgIpc) is 2.08. The highest BCUT2D eigenvalue weighted by Gasteiger charge is 1.99. The van der Waals surface area contributed by atoms with Crippen molar-refractivity contribution < 1.29 is 13.6 Å². The largest absolute Gasteiger partial charge is 0.356 e. The third kappa shape index (κ3) is 9.49. The van der Waals surface area contributed by atoms with Gasteiger partial charge in [-0.2, -0.15) is 0 Å². The van der Waals surface area contributed by atoms with Gasteiger partial charge in [0.15, 0.2) is 11.1 Å². The molecule has 4 nitrogen and oxygen atoms in total. The minimum absolute atomic E-state index is 0.0329. The molecule has 5 heteroatoms. The highest BCUT2D eigenvalue weighted by molar-refractivity contribution is 7.79. The number of unbranched alkanes of at least 4 members (excludes halogenated alkanes) is 1. The molecular weight excluding hydrogens is 190 g/mol. The Balaban J connectivity index is 3.22. The first-order valence-electron chi connectivity index (χ1n) is 4.51. The lowest BCUT2D eigenvalue weighted by molar-refractivity contribution is -0.121. The summed E-state index contributed by atoms with van der Waals surface area (Å²) in [6.45, 7) is 2.52. The number of carbonyl (C=O) groups is 1. The Bertz CT molecular complexity index is 173. The van der Waals surface area contributed by atoms with Gasteiger partial charge in [0.25, 0.3) is 0 Å². The Morgan fingerprint density at radius 2 is 2.15 bits per heavy atom. The molecule has 0 rings (SSSR count). The van der Waals surface area contributed by atoms with Gasteiger partial charge in [0.1, 0.15) is 0 Å². The van der Waals surface area contributed by atoms with Crippen LogP contribution in [0.4, 0.5) is 0 Å². The minimum atomic E-state index is -1.74. The molecule has 0 spiro atoms. The molecule has 2 N–H and O–H groups in total. The van der Waals surface area contributed by atoms with E-state index in [-0.39, 0.29) is 11.7 Å². The van der Waals surface area contributed by atoms with Gasteiger partial charge in [-0.05, 0) is 12.8 Å². The van der Waals surface area contributed by atoms with Crippen LogP contribution in [0.5, 0.6) is 0 Å². The predicted octanol–water partition coefficient (Wildman–Crippen LogP) is 0.905. The Morgan fingerprint density at radius 3 is 2.69 bits per heavy atom. The molecule has 0 aromatic carbocycles. The highest BCUT2D eigenvalue weighted by atomic mass is 32.2. The molecule has 0 saturated heterocycles. The molecule has 0 bridgehead atoms. The fourth-order valence-electron chi connectivity index (χ4n) is 0.849. The van der Waals surface area contributed by atoms with Crippen molar-refractivity contribution in [3.8, 4) is 0 Å². The van der Waals surface area contributed by atoms with E-state index in [1.165, 1.54) is 0 Å². The number of amides is 1. The summed E-state index contributed by atoms with van der Waals surface area (Å²) in [5.41, 5.74) is 0. The van der Waals surface area contributed by atoms with Crippen LogP contribution in [0.15, 0.2) is 0 Å². The first-order valence-corrected chi connectivity index (χ1v) is 5.78. The maximum absolute atomic E-state index is 11.0. The van der Waals surface area contributed by atoms with Gasteiger partial charge >= 0.3 is 0 Å². The lowest BCUT2D eigenvalue weighted by Gasteiger charge is -2.02. The predicted molar refractivity (Wildman–Crippen MR) is 52.8 cm³/mol. The van der Waals surface area contributed by atoms with Crippen LogP contribution in [0.2, 0.25) is 0 Å². The van der Waals surface area contributed by atoms with Crippen molar-refractivity contribution in [3.63, 3.8) is 0 Å². The summed E-state index contributed by atoms with van der Waals surface area (Å²) in [5.74, 6) is 0.263. The van der Waals surface area contributed by atoms with E-state index in [4.69, 9.17) is 4.55 Å². The van der Waals surface area contributed by atoms with Gasteiger partial charge in [-0.1, -0.05) is 13.3 Å². The quantitative estimate of drug-likeness (QED) is 0.481. The van der Waals surface area contributed by atoms with E-state index in [0.717, 1.165) is 12.8 Å². The number of nitrogens with one attached hydrogen (secondary N) is 1. The second-order valence-electron chi connectivity index (χ2n) is 2.83. The molecule has 1 unspecified atom stereocenters. The van der Waals surface area contributed by atoms with Crippen molar-refractivity contribution in [1.29, 1.82) is 0 Å². The smallest absolute Gasteiger partial charge is 0.219 e. The molecule has 0 radical (unpaired) electrons. The summed E-state index contributed by atoms with van der Waals surface area (Å²) < 4.78 is 18.6. The summed E-state index contributed by atoms with van der Waals surface area (Å²) >= 11 is -1.74. The third-order valence-corrected chi connectivity index (χ3v) is 2.21. The lowest BCUT2D eigenvalue weighted by atomic mass is 10.2. The van der Waals surface area contributed by atoms with Crippen LogP contribution in [-0.2, 0) is 15.9 Å². The fraction of sp³-hybridized carbons (Fsp3) is 0.875. The maximum Gasteiger partial charge on any atom is 0.219 e. The van der Waals surface area contributed by atoms with Crippen molar-refractivity contribution in [2.75, 3.05) is 12.3 Å². The van der Waals surface area contributed by atoms with Gasteiger partial charge in [0.05, 0.1) is 5.75 Å². The maximum atomic E-state index is 11.0. The van der Waals surface area contributed by atoms with E-state index in [2.05, 4.69) is 5.32 Å². The van der Waals surface area contributed by atoms with Gasteiger partial charge in [-0.3, -0.25) is 4.79 Å². The van der Waals surface area contributed by atoms with Crippen LogP contribution in [0.3, 0.4) is 0 Å². The molecule has 78 valence electrons. The molecule has 0 aromatic rings. The molecule has 0 saturated carbocycles. The summed E-state index contributed by atoms with van der Waals surface area (Å²) in [4.78, 5) is 11.0. The molecule has 13 heavy (non-hydrogen) atoms. The summed E-state index contributed by atoms with van der Waals surface area (Å²) in [5, 5.41) is 2.69. The van der Waals surface area contributed by atoms with E-state index >= 15 is 0 Å².